The molecule has 1 amide bonds. The Morgan fingerprint density at radius 1 is 1.22 bits per heavy atom. The second-order valence-electron chi connectivity index (χ2n) is 7.26. The molecule has 1 aromatic rings. The van der Waals surface area contributed by atoms with Gasteiger partial charge in [0.2, 0.25) is 0 Å². The van der Waals surface area contributed by atoms with Crippen LogP contribution in [-0.4, -0.2) is 41.7 Å². The summed E-state index contributed by atoms with van der Waals surface area (Å²) in [6.45, 7) is 4.15. The third-order valence-corrected chi connectivity index (χ3v) is 5.81. The summed E-state index contributed by atoms with van der Waals surface area (Å²) in [6.07, 6.45) is 3.73. The molecule has 0 heterocycles. The van der Waals surface area contributed by atoms with Crippen molar-refractivity contribution >= 4 is 5.91 Å². The van der Waals surface area contributed by atoms with E-state index < -0.39 is 0 Å². The molecule has 23 heavy (non-hydrogen) atoms. The van der Waals surface area contributed by atoms with Gasteiger partial charge in [0.1, 0.15) is 5.75 Å². The van der Waals surface area contributed by atoms with Gasteiger partial charge in [0.05, 0.1) is 6.10 Å². The smallest absolute Gasteiger partial charge is 0.260 e. The SMILES string of the molecule is Cc1cccc(OCC(=O)N(C)C2C[C@H]3CC(O)C[C@H]3C2)c1C. The zero-order valence-corrected chi connectivity index (χ0v) is 14.3. The van der Waals surface area contributed by atoms with Crippen LogP contribution in [0, 0.1) is 25.7 Å². The Kier molecular flexibility index (Phi) is 4.62. The van der Waals surface area contributed by atoms with Crippen LogP contribution in [0.2, 0.25) is 0 Å². The Hall–Kier alpha value is -1.55. The Labute approximate surface area is 138 Å². The number of likely N-dealkylation sites (N-methyl/N-ethyl adjacent to an activating group) is 1. The van der Waals surface area contributed by atoms with Crippen LogP contribution < -0.4 is 4.74 Å². The first-order valence-electron chi connectivity index (χ1n) is 8.58. The third kappa shape index (κ3) is 3.37. The van der Waals surface area contributed by atoms with Crippen LogP contribution in [0.5, 0.6) is 5.75 Å². The molecule has 0 saturated heterocycles. The monoisotopic (exact) mass is 317 g/mol. The first-order chi connectivity index (χ1) is 11.0. The second kappa shape index (κ2) is 6.52. The van der Waals surface area contributed by atoms with E-state index in [0.29, 0.717) is 17.9 Å². The third-order valence-electron chi connectivity index (χ3n) is 5.81. The number of hydrogen-bond donors (Lipinski definition) is 1. The Morgan fingerprint density at radius 3 is 2.52 bits per heavy atom. The zero-order chi connectivity index (χ0) is 16.6. The summed E-state index contributed by atoms with van der Waals surface area (Å²) >= 11 is 0. The number of aryl methyl sites for hydroxylation is 1. The van der Waals surface area contributed by atoms with Crippen molar-refractivity contribution in [3.8, 4) is 5.75 Å². The van der Waals surface area contributed by atoms with Crippen LogP contribution in [0.15, 0.2) is 18.2 Å². The minimum absolute atomic E-state index is 0.0384. The number of rotatable bonds is 4. The Balaban J connectivity index is 1.53. The van der Waals surface area contributed by atoms with Gasteiger partial charge in [0, 0.05) is 13.1 Å². The normalized spacial score (nSPS) is 29.4. The van der Waals surface area contributed by atoms with E-state index in [0.717, 1.165) is 37.0 Å². The van der Waals surface area contributed by atoms with Gasteiger partial charge in [-0.1, -0.05) is 12.1 Å². The van der Waals surface area contributed by atoms with E-state index in [2.05, 4.69) is 0 Å². The summed E-state index contributed by atoms with van der Waals surface area (Å²) in [4.78, 5) is 14.3. The molecule has 2 aliphatic carbocycles. The maximum absolute atomic E-state index is 12.4. The lowest BCUT2D eigenvalue weighted by Crippen LogP contribution is -2.39. The second-order valence-corrected chi connectivity index (χ2v) is 7.26. The predicted molar refractivity (Wildman–Crippen MR) is 89.4 cm³/mol. The van der Waals surface area contributed by atoms with E-state index in [-0.39, 0.29) is 18.6 Å². The lowest BCUT2D eigenvalue weighted by molar-refractivity contribution is -0.134. The van der Waals surface area contributed by atoms with E-state index in [1.807, 2.05) is 44.0 Å². The molecule has 4 nitrogen and oxygen atoms in total. The lowest BCUT2D eigenvalue weighted by atomic mass is 10.0. The number of carbonyl (C=O) groups is 1. The van der Waals surface area contributed by atoms with Gasteiger partial charge in [-0.15, -0.1) is 0 Å². The van der Waals surface area contributed by atoms with Crippen molar-refractivity contribution in [3.05, 3.63) is 29.3 Å². The summed E-state index contributed by atoms with van der Waals surface area (Å²) in [5.74, 6) is 2.00. The van der Waals surface area contributed by atoms with E-state index in [4.69, 9.17) is 4.74 Å². The molecule has 2 aliphatic rings. The van der Waals surface area contributed by atoms with Crippen molar-refractivity contribution in [2.75, 3.05) is 13.7 Å². The van der Waals surface area contributed by atoms with Crippen molar-refractivity contribution in [2.24, 2.45) is 11.8 Å². The Bertz CT molecular complexity index is 572. The molecule has 0 spiro atoms. The van der Waals surface area contributed by atoms with Crippen molar-refractivity contribution in [1.29, 1.82) is 0 Å². The van der Waals surface area contributed by atoms with Gasteiger partial charge in [-0.05, 0) is 68.6 Å². The summed E-state index contributed by atoms with van der Waals surface area (Å²) in [7, 11) is 1.89. The van der Waals surface area contributed by atoms with E-state index >= 15 is 0 Å². The molecule has 0 radical (unpaired) electrons. The Morgan fingerprint density at radius 2 is 1.87 bits per heavy atom. The topological polar surface area (TPSA) is 49.8 Å². The number of fused-ring (bicyclic) bond motifs is 1. The fourth-order valence-corrected chi connectivity index (χ4v) is 4.19. The predicted octanol–water partition coefficient (Wildman–Crippen LogP) is 2.69. The minimum atomic E-state index is -0.125. The molecule has 0 bridgehead atoms. The largest absolute Gasteiger partial charge is 0.483 e. The molecule has 126 valence electrons. The average molecular weight is 317 g/mol. The standard InChI is InChI=1S/C19H27NO3/c1-12-5-4-6-18(13(12)2)23-11-19(22)20(3)16-7-14-9-17(21)10-15(14)8-16/h4-6,14-17,21H,7-11H2,1-3H3/t14-,15+,16?,17?. The van der Waals surface area contributed by atoms with Crippen molar-refractivity contribution in [2.45, 2.75) is 51.7 Å². The van der Waals surface area contributed by atoms with Crippen LogP contribution in [-0.2, 0) is 4.79 Å². The fourth-order valence-electron chi connectivity index (χ4n) is 4.19. The molecule has 1 N–H and O–H groups in total. The van der Waals surface area contributed by atoms with Gasteiger partial charge in [-0.2, -0.15) is 0 Å². The van der Waals surface area contributed by atoms with E-state index in [1.165, 1.54) is 5.56 Å². The summed E-state index contributed by atoms with van der Waals surface area (Å²) in [6, 6.07) is 6.21. The number of aliphatic hydroxyl groups is 1. The highest BCUT2D eigenvalue weighted by Gasteiger charge is 2.43. The number of amides is 1. The highest BCUT2D eigenvalue weighted by molar-refractivity contribution is 5.78. The quantitative estimate of drug-likeness (QED) is 0.929. The van der Waals surface area contributed by atoms with Crippen molar-refractivity contribution < 1.29 is 14.6 Å². The summed E-state index contributed by atoms with van der Waals surface area (Å²) in [5, 5.41) is 9.73. The number of aliphatic hydroxyl groups excluding tert-OH is 1. The average Bonchev–Trinajstić information content (AvgIpc) is 3.05. The van der Waals surface area contributed by atoms with Gasteiger partial charge < -0.3 is 14.7 Å². The number of hydrogen-bond acceptors (Lipinski definition) is 3. The molecule has 0 aromatic heterocycles. The zero-order valence-electron chi connectivity index (χ0n) is 14.3. The maximum atomic E-state index is 12.4. The van der Waals surface area contributed by atoms with Gasteiger partial charge >= 0.3 is 0 Å². The molecule has 2 unspecified atom stereocenters. The molecular weight excluding hydrogens is 290 g/mol. The van der Waals surface area contributed by atoms with Gasteiger partial charge in [0.15, 0.2) is 6.61 Å². The molecule has 2 fully saturated rings. The number of carbonyl (C=O) groups excluding carboxylic acids is 1. The molecule has 3 rings (SSSR count). The number of benzene rings is 1. The highest BCUT2D eigenvalue weighted by Crippen LogP contribution is 2.45. The van der Waals surface area contributed by atoms with Crippen molar-refractivity contribution in [3.63, 3.8) is 0 Å². The van der Waals surface area contributed by atoms with Gasteiger partial charge in [0.25, 0.3) is 5.91 Å². The van der Waals surface area contributed by atoms with Gasteiger partial charge in [-0.3, -0.25) is 4.79 Å². The van der Waals surface area contributed by atoms with E-state index in [1.54, 1.807) is 0 Å². The molecule has 2 saturated carbocycles. The van der Waals surface area contributed by atoms with Crippen LogP contribution >= 0.6 is 0 Å². The first-order valence-corrected chi connectivity index (χ1v) is 8.58. The molecule has 4 atom stereocenters. The molecule has 0 aliphatic heterocycles. The molecular formula is C19H27NO3. The number of nitrogens with zero attached hydrogens (tertiary/aromatic N) is 1. The van der Waals surface area contributed by atoms with Crippen LogP contribution in [0.25, 0.3) is 0 Å². The van der Waals surface area contributed by atoms with Crippen LogP contribution in [0.1, 0.15) is 36.8 Å². The lowest BCUT2D eigenvalue weighted by Gasteiger charge is -2.26. The fraction of sp³-hybridized carbons (Fsp3) is 0.632. The highest BCUT2D eigenvalue weighted by atomic mass is 16.5. The maximum Gasteiger partial charge on any atom is 0.260 e. The van der Waals surface area contributed by atoms with Crippen molar-refractivity contribution in [1.82, 2.24) is 4.90 Å². The summed E-state index contributed by atoms with van der Waals surface area (Å²) in [5.41, 5.74) is 2.26. The summed E-state index contributed by atoms with van der Waals surface area (Å²) < 4.78 is 5.74. The molecule has 4 heteroatoms. The van der Waals surface area contributed by atoms with Crippen LogP contribution in [0.3, 0.4) is 0 Å². The minimum Gasteiger partial charge on any atom is -0.483 e. The van der Waals surface area contributed by atoms with E-state index in [9.17, 15) is 9.90 Å². The first kappa shape index (κ1) is 16.3. The number of ether oxygens (including phenoxy) is 1. The molecule has 1 aromatic carbocycles. The van der Waals surface area contributed by atoms with Crippen LogP contribution in [0.4, 0.5) is 0 Å². The van der Waals surface area contributed by atoms with Gasteiger partial charge in [-0.25, -0.2) is 0 Å².